The van der Waals surface area contributed by atoms with Crippen molar-refractivity contribution in [1.29, 1.82) is 0 Å². The van der Waals surface area contributed by atoms with Crippen LogP contribution in [0.15, 0.2) is 44.4 Å². The lowest BCUT2D eigenvalue weighted by atomic mass is 10.1. The Morgan fingerprint density at radius 3 is 2.71 bits per heavy atom. The molecule has 28 heavy (non-hydrogen) atoms. The van der Waals surface area contributed by atoms with E-state index in [1.807, 2.05) is 37.3 Å². The van der Waals surface area contributed by atoms with E-state index in [2.05, 4.69) is 15.1 Å². The van der Waals surface area contributed by atoms with Gasteiger partial charge in [0.05, 0.1) is 6.54 Å². The maximum Gasteiger partial charge on any atom is 0.330 e. The number of aromatic nitrogens is 4. The van der Waals surface area contributed by atoms with E-state index >= 15 is 0 Å². The van der Waals surface area contributed by atoms with E-state index in [-0.39, 0.29) is 18.1 Å². The molecule has 2 heterocycles. The monoisotopic (exact) mass is 384 g/mol. The first kappa shape index (κ1) is 19.4. The van der Waals surface area contributed by atoms with Crippen molar-refractivity contribution in [2.24, 2.45) is 0 Å². The highest BCUT2D eigenvalue weighted by atomic mass is 16.5. The smallest absolute Gasteiger partial charge is 0.330 e. The Bertz CT molecular complexity index is 1040. The molecular formula is C19H24N6O3. The molecule has 3 N–H and O–H groups in total. The number of unbranched alkanes of at least 4 members (excludes halogenated alkanes) is 1. The van der Waals surface area contributed by atoms with Crippen LogP contribution in [0.1, 0.15) is 37.0 Å². The fraction of sp³-hybridized carbons (Fsp3) is 0.368. The molecule has 0 aliphatic carbocycles. The van der Waals surface area contributed by atoms with Crippen molar-refractivity contribution in [3.8, 4) is 0 Å². The summed E-state index contributed by atoms with van der Waals surface area (Å²) in [5.74, 6) is 1.05. The minimum Gasteiger partial charge on any atom is -0.383 e. The number of rotatable bonds is 8. The molecule has 0 saturated carbocycles. The molecule has 0 saturated heterocycles. The number of aromatic amines is 1. The van der Waals surface area contributed by atoms with Crippen molar-refractivity contribution < 1.29 is 4.52 Å². The van der Waals surface area contributed by atoms with Gasteiger partial charge >= 0.3 is 5.69 Å². The molecule has 0 atom stereocenters. The highest BCUT2D eigenvalue weighted by Crippen LogP contribution is 2.17. The molecular weight excluding hydrogens is 360 g/mol. The van der Waals surface area contributed by atoms with Crippen LogP contribution in [0.5, 0.6) is 0 Å². The lowest BCUT2D eigenvalue weighted by Crippen LogP contribution is -2.37. The molecule has 0 spiro atoms. The Labute approximate surface area is 161 Å². The van der Waals surface area contributed by atoms with Crippen molar-refractivity contribution >= 4 is 11.5 Å². The Kier molecular flexibility index (Phi) is 5.93. The average molecular weight is 384 g/mol. The molecule has 3 aromatic rings. The van der Waals surface area contributed by atoms with Gasteiger partial charge in [-0.05, 0) is 12.0 Å². The van der Waals surface area contributed by atoms with Crippen LogP contribution in [0, 0.1) is 0 Å². The van der Waals surface area contributed by atoms with Crippen molar-refractivity contribution in [2.45, 2.75) is 39.3 Å². The zero-order valence-corrected chi connectivity index (χ0v) is 16.0. The number of benzene rings is 1. The molecule has 0 aliphatic rings. The van der Waals surface area contributed by atoms with Gasteiger partial charge in [-0.2, -0.15) is 4.98 Å². The second kappa shape index (κ2) is 8.55. The third kappa shape index (κ3) is 4.30. The molecule has 0 aliphatic heterocycles. The third-order valence-electron chi connectivity index (χ3n) is 4.42. The van der Waals surface area contributed by atoms with Crippen molar-refractivity contribution in [1.82, 2.24) is 19.7 Å². The first-order valence-electron chi connectivity index (χ1n) is 9.18. The normalized spacial score (nSPS) is 10.9. The highest BCUT2D eigenvalue weighted by molar-refractivity contribution is 5.61. The fourth-order valence-corrected chi connectivity index (χ4v) is 2.97. The zero-order valence-electron chi connectivity index (χ0n) is 16.0. The predicted octanol–water partition coefficient (Wildman–Crippen LogP) is 1.53. The van der Waals surface area contributed by atoms with Gasteiger partial charge in [-0.1, -0.05) is 48.8 Å². The molecule has 9 nitrogen and oxygen atoms in total. The predicted molar refractivity (Wildman–Crippen MR) is 106 cm³/mol. The van der Waals surface area contributed by atoms with Gasteiger partial charge in [0.2, 0.25) is 5.89 Å². The van der Waals surface area contributed by atoms with Crippen LogP contribution in [0.25, 0.3) is 0 Å². The van der Waals surface area contributed by atoms with E-state index in [1.165, 1.54) is 4.57 Å². The van der Waals surface area contributed by atoms with Crippen LogP contribution in [0.3, 0.4) is 0 Å². The lowest BCUT2D eigenvalue weighted by Gasteiger charge is -2.20. The number of nitrogens with two attached hydrogens (primary N) is 1. The number of hydrogen-bond acceptors (Lipinski definition) is 7. The third-order valence-corrected chi connectivity index (χ3v) is 4.42. The lowest BCUT2D eigenvalue weighted by molar-refractivity contribution is 0.373. The summed E-state index contributed by atoms with van der Waals surface area (Å²) in [6.45, 7) is 2.66. The maximum atomic E-state index is 12.3. The summed E-state index contributed by atoms with van der Waals surface area (Å²) in [6, 6.07) is 9.82. The SMILES string of the molecule is CCCCn1c(N)c(N(C)Cc2nc(Cc3ccccc3)no2)c(=O)[nH]c1=O. The zero-order chi connectivity index (χ0) is 20.1. The van der Waals surface area contributed by atoms with Gasteiger partial charge in [-0.15, -0.1) is 0 Å². The molecule has 9 heteroatoms. The minimum atomic E-state index is -0.540. The van der Waals surface area contributed by atoms with Crippen LogP contribution >= 0.6 is 0 Å². The van der Waals surface area contributed by atoms with Crippen LogP contribution < -0.4 is 21.9 Å². The summed E-state index contributed by atoms with van der Waals surface area (Å²) < 4.78 is 6.68. The van der Waals surface area contributed by atoms with Crippen LogP contribution in [0.2, 0.25) is 0 Å². The summed E-state index contributed by atoms with van der Waals surface area (Å²) in [4.78, 5) is 32.7. The molecule has 3 rings (SSSR count). The summed E-state index contributed by atoms with van der Waals surface area (Å²) in [5, 5.41) is 3.99. The molecule has 0 amide bonds. The van der Waals surface area contributed by atoms with E-state index in [9.17, 15) is 9.59 Å². The molecule has 0 fully saturated rings. The largest absolute Gasteiger partial charge is 0.383 e. The van der Waals surface area contributed by atoms with Gasteiger partial charge in [0.1, 0.15) is 11.5 Å². The van der Waals surface area contributed by atoms with Crippen LogP contribution in [0.4, 0.5) is 11.5 Å². The number of nitrogens with one attached hydrogen (secondary N) is 1. The van der Waals surface area contributed by atoms with E-state index < -0.39 is 11.2 Å². The Hall–Kier alpha value is -3.36. The molecule has 0 radical (unpaired) electrons. The molecule has 1 aromatic carbocycles. The molecule has 2 aromatic heterocycles. The highest BCUT2D eigenvalue weighted by Gasteiger charge is 2.18. The van der Waals surface area contributed by atoms with Crippen LogP contribution in [-0.2, 0) is 19.5 Å². The first-order valence-corrected chi connectivity index (χ1v) is 9.18. The standard InChI is InChI=1S/C19H24N6O3/c1-3-4-10-25-17(20)16(18(26)22-19(25)27)24(2)12-15-21-14(23-28-15)11-13-8-6-5-7-9-13/h5-9H,3-4,10-12,20H2,1-2H3,(H,22,26,27). The van der Waals surface area contributed by atoms with Crippen molar-refractivity contribution in [2.75, 3.05) is 17.7 Å². The Balaban J connectivity index is 1.79. The Morgan fingerprint density at radius 1 is 1.25 bits per heavy atom. The van der Waals surface area contributed by atoms with Crippen LogP contribution in [-0.4, -0.2) is 26.7 Å². The minimum absolute atomic E-state index is 0.133. The van der Waals surface area contributed by atoms with Gasteiger partial charge < -0.3 is 15.2 Å². The van der Waals surface area contributed by atoms with E-state index in [0.29, 0.717) is 24.7 Å². The van der Waals surface area contributed by atoms with Gasteiger partial charge in [0.25, 0.3) is 5.56 Å². The number of nitrogens with zero attached hydrogens (tertiary/aromatic N) is 4. The van der Waals surface area contributed by atoms with Gasteiger partial charge in [-0.25, -0.2) is 4.79 Å². The maximum absolute atomic E-state index is 12.3. The van der Waals surface area contributed by atoms with E-state index in [1.54, 1.807) is 11.9 Å². The number of H-pyrrole nitrogens is 1. The summed E-state index contributed by atoms with van der Waals surface area (Å²) in [7, 11) is 1.69. The first-order chi connectivity index (χ1) is 13.5. The number of anilines is 2. The summed E-state index contributed by atoms with van der Waals surface area (Å²) in [6.07, 6.45) is 2.24. The number of nitrogen functional groups attached to an aromatic ring is 1. The Morgan fingerprint density at radius 2 is 2.00 bits per heavy atom. The van der Waals surface area contributed by atoms with Gasteiger partial charge in [-0.3, -0.25) is 14.3 Å². The van der Waals surface area contributed by atoms with E-state index in [4.69, 9.17) is 10.3 Å². The molecule has 0 bridgehead atoms. The van der Waals surface area contributed by atoms with Crippen molar-refractivity contribution in [3.05, 3.63) is 68.4 Å². The second-order valence-electron chi connectivity index (χ2n) is 6.62. The summed E-state index contributed by atoms with van der Waals surface area (Å²) in [5.41, 5.74) is 6.36. The topological polar surface area (TPSA) is 123 Å². The van der Waals surface area contributed by atoms with Gasteiger partial charge in [0.15, 0.2) is 5.82 Å². The quantitative estimate of drug-likeness (QED) is 0.604. The van der Waals surface area contributed by atoms with Gasteiger partial charge in [0, 0.05) is 20.0 Å². The summed E-state index contributed by atoms with van der Waals surface area (Å²) >= 11 is 0. The molecule has 0 unspecified atom stereocenters. The van der Waals surface area contributed by atoms with E-state index in [0.717, 1.165) is 18.4 Å². The number of hydrogen-bond donors (Lipinski definition) is 2. The average Bonchev–Trinajstić information content (AvgIpc) is 3.08. The fourth-order valence-electron chi connectivity index (χ4n) is 2.97. The van der Waals surface area contributed by atoms with Crippen molar-refractivity contribution in [3.63, 3.8) is 0 Å². The second-order valence-corrected chi connectivity index (χ2v) is 6.62. The molecule has 148 valence electrons.